The number of nitrogens with one attached hydrogen (secondary N) is 1. The van der Waals surface area contributed by atoms with E-state index in [2.05, 4.69) is 5.32 Å². The number of halogens is 2. The van der Waals surface area contributed by atoms with Gasteiger partial charge in [0, 0.05) is 29.6 Å². The first kappa shape index (κ1) is 34.1. The molecule has 0 radical (unpaired) electrons. The molecule has 4 aromatic carbocycles. The lowest BCUT2D eigenvalue weighted by Crippen LogP contribution is -2.55. The van der Waals surface area contributed by atoms with Crippen LogP contribution in [0, 0.1) is 12.7 Å². The summed E-state index contributed by atoms with van der Waals surface area (Å²) in [5.74, 6) is -1.54. The Kier molecular flexibility index (Phi) is 11.3. The number of sulfonamides is 1. The van der Waals surface area contributed by atoms with Crippen LogP contribution in [-0.2, 0) is 32.6 Å². The Balaban J connectivity index is 1.56. The van der Waals surface area contributed by atoms with E-state index in [-0.39, 0.29) is 41.1 Å². The van der Waals surface area contributed by atoms with Crippen molar-refractivity contribution >= 4 is 39.1 Å². The normalized spacial score (nSPS) is 14.3. The molecule has 1 saturated carbocycles. The summed E-state index contributed by atoms with van der Waals surface area (Å²) >= 11 is 6.14. The van der Waals surface area contributed by atoms with Crippen molar-refractivity contribution in [2.24, 2.45) is 0 Å². The van der Waals surface area contributed by atoms with Gasteiger partial charge in [-0.2, -0.15) is 0 Å². The fourth-order valence-corrected chi connectivity index (χ4v) is 7.42. The van der Waals surface area contributed by atoms with Crippen LogP contribution in [0.2, 0.25) is 5.02 Å². The van der Waals surface area contributed by atoms with Gasteiger partial charge in [0.15, 0.2) is 0 Å². The van der Waals surface area contributed by atoms with E-state index in [1.165, 1.54) is 35.2 Å². The van der Waals surface area contributed by atoms with Crippen molar-refractivity contribution < 1.29 is 22.4 Å². The highest BCUT2D eigenvalue weighted by Gasteiger charge is 2.35. The molecular weight excluding hydrogens is 637 g/mol. The van der Waals surface area contributed by atoms with E-state index in [0.29, 0.717) is 5.02 Å². The van der Waals surface area contributed by atoms with Crippen molar-refractivity contribution in [1.82, 2.24) is 10.2 Å². The Hall–Kier alpha value is -4.21. The molecule has 10 heteroatoms. The number of amides is 2. The van der Waals surface area contributed by atoms with Gasteiger partial charge in [0.05, 0.1) is 10.6 Å². The van der Waals surface area contributed by atoms with Gasteiger partial charge in [0.2, 0.25) is 11.8 Å². The molecule has 0 heterocycles. The van der Waals surface area contributed by atoms with Gasteiger partial charge in [-0.1, -0.05) is 97.1 Å². The van der Waals surface area contributed by atoms with Gasteiger partial charge in [-0.15, -0.1) is 0 Å². The third-order valence-corrected chi connectivity index (χ3v) is 10.6. The van der Waals surface area contributed by atoms with Gasteiger partial charge in [-0.3, -0.25) is 13.9 Å². The smallest absolute Gasteiger partial charge is 0.264 e. The lowest BCUT2D eigenvalue weighted by atomic mass is 9.94. The number of hydrogen-bond acceptors (Lipinski definition) is 4. The summed E-state index contributed by atoms with van der Waals surface area (Å²) in [7, 11) is -4.25. The van der Waals surface area contributed by atoms with E-state index >= 15 is 4.39 Å². The van der Waals surface area contributed by atoms with Crippen LogP contribution in [0.5, 0.6) is 0 Å². The van der Waals surface area contributed by atoms with Crippen LogP contribution in [0.15, 0.2) is 108 Å². The first-order chi connectivity index (χ1) is 22.6. The molecule has 1 atom stereocenters. The highest BCUT2D eigenvalue weighted by molar-refractivity contribution is 7.92. The molecule has 1 aliphatic rings. The highest BCUT2D eigenvalue weighted by atomic mass is 35.5. The molecule has 1 N–H and O–H groups in total. The van der Waals surface area contributed by atoms with Crippen LogP contribution in [0.25, 0.3) is 0 Å². The average molecular weight is 676 g/mol. The number of aryl methyl sites for hydroxylation is 1. The van der Waals surface area contributed by atoms with Gasteiger partial charge >= 0.3 is 0 Å². The molecular formula is C37H39ClFN3O4S. The number of nitrogens with zero attached hydrogens (tertiary/aromatic N) is 2. The molecule has 0 bridgehead atoms. The summed E-state index contributed by atoms with van der Waals surface area (Å²) in [6, 6.07) is 26.8. The van der Waals surface area contributed by atoms with Crippen LogP contribution >= 0.6 is 11.6 Å². The van der Waals surface area contributed by atoms with Crippen LogP contribution in [0.4, 0.5) is 10.1 Å². The lowest BCUT2D eigenvalue weighted by molar-refractivity contribution is -0.140. The molecule has 4 aromatic rings. The third-order valence-electron chi connectivity index (χ3n) is 8.52. The van der Waals surface area contributed by atoms with Crippen molar-refractivity contribution in [2.45, 2.75) is 69.0 Å². The van der Waals surface area contributed by atoms with E-state index < -0.39 is 34.3 Å². The Morgan fingerprint density at radius 3 is 2.17 bits per heavy atom. The van der Waals surface area contributed by atoms with Crippen molar-refractivity contribution in [3.8, 4) is 0 Å². The van der Waals surface area contributed by atoms with E-state index in [9.17, 15) is 18.0 Å². The number of hydrogen-bond donors (Lipinski definition) is 1. The zero-order chi connectivity index (χ0) is 33.4. The molecule has 1 aliphatic carbocycles. The second-order valence-corrected chi connectivity index (χ2v) is 14.3. The summed E-state index contributed by atoms with van der Waals surface area (Å²) in [4.78, 5) is 30.0. The number of rotatable bonds is 12. The van der Waals surface area contributed by atoms with Crippen molar-refractivity contribution in [3.63, 3.8) is 0 Å². The largest absolute Gasteiger partial charge is 0.352 e. The zero-order valence-corrected chi connectivity index (χ0v) is 27.9. The molecule has 0 saturated heterocycles. The summed E-state index contributed by atoms with van der Waals surface area (Å²) < 4.78 is 44.4. The maximum Gasteiger partial charge on any atom is 0.264 e. The first-order valence-corrected chi connectivity index (χ1v) is 17.7. The van der Waals surface area contributed by atoms with E-state index in [4.69, 9.17) is 11.6 Å². The summed E-state index contributed by atoms with van der Waals surface area (Å²) in [6.07, 6.45) is 4.94. The van der Waals surface area contributed by atoms with Gasteiger partial charge < -0.3 is 10.2 Å². The number of anilines is 1. The van der Waals surface area contributed by atoms with Gasteiger partial charge in [-0.25, -0.2) is 12.8 Å². The van der Waals surface area contributed by atoms with E-state index in [0.717, 1.165) is 47.5 Å². The van der Waals surface area contributed by atoms with Gasteiger partial charge in [0.1, 0.15) is 18.4 Å². The Bertz CT molecular complexity index is 1760. The minimum atomic E-state index is -4.25. The molecule has 2 amide bonds. The first-order valence-electron chi connectivity index (χ1n) is 15.8. The standard InChI is InChI=1S/C37H39ClFN3O4S/c1-27-16-22-33(23-17-27)47(45,46)42(32-20-18-30(38)19-21-32)26-36(43)41(25-29-12-8-9-15-34(29)39)35(24-28-10-4-2-5-11-28)37(44)40-31-13-6-3-7-14-31/h2,4-5,8-12,15-23,31,35H,3,6-7,13-14,24-26H2,1H3,(H,40,44)/t35-/m0/s1. The molecule has 0 unspecified atom stereocenters. The molecule has 0 spiro atoms. The predicted octanol–water partition coefficient (Wildman–Crippen LogP) is 7.07. The predicted molar refractivity (Wildman–Crippen MR) is 183 cm³/mol. The Labute approximate surface area is 281 Å². The SMILES string of the molecule is Cc1ccc(S(=O)(=O)N(CC(=O)N(Cc2ccccc2F)[C@@H](Cc2ccccc2)C(=O)NC2CCCCC2)c2ccc(Cl)cc2)cc1. The second-order valence-electron chi connectivity index (χ2n) is 12.0. The Morgan fingerprint density at radius 1 is 0.872 bits per heavy atom. The Morgan fingerprint density at radius 2 is 1.51 bits per heavy atom. The van der Waals surface area contributed by atoms with Crippen molar-refractivity contribution in [1.29, 1.82) is 0 Å². The summed E-state index contributed by atoms with van der Waals surface area (Å²) in [5, 5.41) is 3.55. The van der Waals surface area contributed by atoms with Gasteiger partial charge in [0.25, 0.3) is 10.0 Å². The molecule has 246 valence electrons. The summed E-state index contributed by atoms with van der Waals surface area (Å²) in [6.45, 7) is 0.983. The van der Waals surface area contributed by atoms with Crippen molar-refractivity contribution in [3.05, 3.63) is 131 Å². The lowest BCUT2D eigenvalue weighted by Gasteiger charge is -2.35. The van der Waals surface area contributed by atoms with Crippen LogP contribution in [0.3, 0.4) is 0 Å². The average Bonchev–Trinajstić information content (AvgIpc) is 3.07. The molecule has 0 aromatic heterocycles. The molecule has 1 fully saturated rings. The molecule has 7 nitrogen and oxygen atoms in total. The fraction of sp³-hybridized carbons (Fsp3) is 0.297. The third kappa shape index (κ3) is 8.78. The van der Waals surface area contributed by atoms with Crippen LogP contribution in [-0.4, -0.2) is 43.8 Å². The highest BCUT2D eigenvalue weighted by Crippen LogP contribution is 2.27. The number of carbonyl (C=O) groups is 2. The quantitative estimate of drug-likeness (QED) is 0.174. The van der Waals surface area contributed by atoms with Crippen molar-refractivity contribution in [2.75, 3.05) is 10.8 Å². The van der Waals surface area contributed by atoms with Gasteiger partial charge in [-0.05, 0) is 67.8 Å². The molecule has 0 aliphatic heterocycles. The minimum Gasteiger partial charge on any atom is -0.352 e. The minimum absolute atomic E-state index is 0.00220. The van der Waals surface area contributed by atoms with Crippen LogP contribution in [0.1, 0.15) is 48.8 Å². The monoisotopic (exact) mass is 675 g/mol. The topological polar surface area (TPSA) is 86.8 Å². The molecule has 5 rings (SSSR count). The maximum atomic E-state index is 15.1. The van der Waals surface area contributed by atoms with E-state index in [1.54, 1.807) is 42.5 Å². The molecule has 47 heavy (non-hydrogen) atoms. The summed E-state index contributed by atoms with van der Waals surface area (Å²) in [5.41, 5.74) is 2.12. The number of benzene rings is 4. The maximum absolute atomic E-state index is 15.1. The number of carbonyl (C=O) groups excluding carboxylic acids is 2. The van der Waals surface area contributed by atoms with E-state index in [1.807, 2.05) is 37.3 Å². The second kappa shape index (κ2) is 15.6. The van der Waals surface area contributed by atoms with Crippen LogP contribution < -0.4 is 9.62 Å². The zero-order valence-electron chi connectivity index (χ0n) is 26.3. The fourth-order valence-electron chi connectivity index (χ4n) is 5.88.